The van der Waals surface area contributed by atoms with Gasteiger partial charge < -0.3 is 38.7 Å². The first-order chi connectivity index (χ1) is 40.9. The summed E-state index contributed by atoms with van der Waals surface area (Å²) in [4.78, 5) is 45.8. The van der Waals surface area contributed by atoms with Crippen molar-refractivity contribution in [3.63, 3.8) is 0 Å². The van der Waals surface area contributed by atoms with Crippen LogP contribution in [0, 0.1) is 23.7 Å². The summed E-state index contributed by atoms with van der Waals surface area (Å²) in [5.41, 5.74) is 9.34. The van der Waals surface area contributed by atoms with Crippen molar-refractivity contribution in [2.75, 3.05) is 26.9 Å². The minimum atomic E-state index is -1.36. The van der Waals surface area contributed by atoms with Gasteiger partial charge in [0.05, 0.1) is 25.4 Å². The van der Waals surface area contributed by atoms with Crippen LogP contribution >= 0.6 is 0 Å². The highest BCUT2D eigenvalue weighted by atomic mass is 16.6. The molecule has 4 heterocycles. The second-order valence-corrected chi connectivity index (χ2v) is 25.5. The summed E-state index contributed by atoms with van der Waals surface area (Å²) in [7, 11) is 1.52. The maximum absolute atomic E-state index is 15.8. The van der Waals surface area contributed by atoms with Crippen LogP contribution in [0.4, 0.5) is 0 Å². The number of rotatable bonds is 10. The SMILES string of the molecule is COCC(CCO)c1c(CO)c2ccc3c(c2oc1=O)C1OC(=O)CC2CC(c4cccc(C56CCCCC5C=Cc5ccccc56)c4)CCC2c2ccc(cc2)CCC(=C(C)CO)C(=O)OC1C(C)(C1CC2C=Cc4ccccc4C2C1)O3. The lowest BCUT2D eigenvalue weighted by molar-refractivity contribution is -0.199. The van der Waals surface area contributed by atoms with E-state index in [0.29, 0.717) is 53.0 Å². The first-order valence-electron chi connectivity index (χ1n) is 30.9. The molecule has 3 aliphatic heterocycles. The molecule has 0 spiro atoms. The van der Waals surface area contributed by atoms with Crippen LogP contribution < -0.4 is 10.4 Å². The molecule has 3 saturated carbocycles. The molecule has 0 saturated heterocycles. The van der Waals surface area contributed by atoms with E-state index in [1.165, 1.54) is 53.3 Å². The fourth-order valence-corrected chi connectivity index (χ4v) is 16.9. The second kappa shape index (κ2) is 23.2. The van der Waals surface area contributed by atoms with Crippen molar-refractivity contribution in [2.24, 2.45) is 23.7 Å². The Morgan fingerprint density at radius 3 is 2.40 bits per heavy atom. The predicted molar refractivity (Wildman–Crippen MR) is 324 cm³/mol. The van der Waals surface area contributed by atoms with E-state index in [0.717, 1.165) is 43.2 Å². The summed E-state index contributed by atoms with van der Waals surface area (Å²) in [5, 5.41) is 32.5. The lowest BCUT2D eigenvalue weighted by atomic mass is 9.56. The highest BCUT2D eigenvalue weighted by Crippen LogP contribution is 2.59. The number of esters is 2. The Morgan fingerprint density at radius 1 is 0.786 bits per heavy atom. The molecular formula is C73H78O11. The lowest BCUT2D eigenvalue weighted by Crippen LogP contribution is -2.58. The van der Waals surface area contributed by atoms with Gasteiger partial charge in [-0.1, -0.05) is 134 Å². The first kappa shape index (κ1) is 56.3. The number of aliphatic hydroxyl groups is 3. The van der Waals surface area contributed by atoms with Crippen LogP contribution in [-0.2, 0) is 42.2 Å². The van der Waals surface area contributed by atoms with E-state index in [1.54, 1.807) is 19.1 Å². The van der Waals surface area contributed by atoms with E-state index >= 15 is 9.59 Å². The average molecular weight is 1130 g/mol. The van der Waals surface area contributed by atoms with Crippen LogP contribution in [0.15, 0.2) is 142 Å². The third-order valence-corrected chi connectivity index (χ3v) is 21.2. The molecule has 12 atom stereocenters. The summed E-state index contributed by atoms with van der Waals surface area (Å²) >= 11 is 0. The van der Waals surface area contributed by atoms with Crippen molar-refractivity contribution < 1.29 is 48.3 Å². The number of fused-ring (bicyclic) bond motifs is 17. The molecule has 6 aromatic rings. The Hall–Kier alpha value is -6.89. The summed E-state index contributed by atoms with van der Waals surface area (Å²) < 4.78 is 33.5. The molecule has 84 heavy (non-hydrogen) atoms. The number of aliphatic hydroxyl groups excluding tert-OH is 3. The topological polar surface area (TPSA) is 162 Å². The summed E-state index contributed by atoms with van der Waals surface area (Å²) in [6.45, 7) is 2.65. The molecule has 3 N–H and O–H groups in total. The monoisotopic (exact) mass is 1130 g/mol. The molecule has 8 aliphatic rings. The van der Waals surface area contributed by atoms with E-state index in [1.807, 2.05) is 6.92 Å². The fraction of sp³-hybridized carbons (Fsp3) is 0.438. The maximum atomic E-state index is 15.8. The molecule has 11 heteroatoms. The summed E-state index contributed by atoms with van der Waals surface area (Å²) in [5.74, 6) is -0.911. The third kappa shape index (κ3) is 9.81. The van der Waals surface area contributed by atoms with Gasteiger partial charge in [-0.2, -0.15) is 0 Å². The molecule has 12 unspecified atom stereocenters. The standard InChI is InChI=1S/C73H78O11/c1-43(40-75)56-28-20-44-18-21-46(22-19-44)57-29-26-49(48-13-10-15-54(36-48)73-33-9-8-14-53(73)27-25-47-12-5-7-17-62(47)73)35-52(57)38-64(77)81-68-66-63(31-30-59-61(41-76)65(71(79)82-67(59)66)51(32-34-74)42-80-3)84-72(2,69(68)83-70(56)78)55-37-50-24-23-45-11-4-6-16-58(45)60(50)39-55/h4-7,10-13,15-19,21-25,27,30-31,36,49-53,55,57,60,68-69,74-76H,8-9,14,20,26,28-29,32-35,37-42H2,1-3H3. The quantitative estimate of drug-likeness (QED) is 0.0680. The van der Waals surface area contributed by atoms with Crippen molar-refractivity contribution in [3.05, 3.63) is 204 Å². The van der Waals surface area contributed by atoms with Crippen LogP contribution in [0.3, 0.4) is 0 Å². The van der Waals surface area contributed by atoms with Crippen molar-refractivity contribution >= 4 is 35.1 Å². The van der Waals surface area contributed by atoms with Gasteiger partial charge in [0, 0.05) is 53.9 Å². The zero-order valence-electron chi connectivity index (χ0n) is 48.6. The van der Waals surface area contributed by atoms with Gasteiger partial charge in [0.25, 0.3) is 0 Å². The average Bonchev–Trinajstić information content (AvgIpc) is 1.68. The van der Waals surface area contributed by atoms with Gasteiger partial charge in [0.1, 0.15) is 16.9 Å². The van der Waals surface area contributed by atoms with Crippen LogP contribution in [0.1, 0.15) is 182 Å². The number of aryl methyl sites for hydroxylation is 1. The molecule has 11 nitrogen and oxygen atoms in total. The second-order valence-electron chi connectivity index (χ2n) is 25.5. The summed E-state index contributed by atoms with van der Waals surface area (Å²) in [6, 6.07) is 38.9. The Kier molecular flexibility index (Phi) is 15.5. The molecular weight excluding hydrogens is 1050 g/mol. The number of hydrogen-bond donors (Lipinski definition) is 3. The van der Waals surface area contributed by atoms with E-state index in [2.05, 4.69) is 121 Å². The van der Waals surface area contributed by atoms with E-state index in [4.69, 9.17) is 23.4 Å². The van der Waals surface area contributed by atoms with Crippen molar-refractivity contribution in [1.29, 1.82) is 0 Å². The zero-order valence-corrected chi connectivity index (χ0v) is 48.6. The number of carbonyl (C=O) groups excluding carboxylic acids is 2. The maximum Gasteiger partial charge on any atom is 0.340 e. The van der Waals surface area contributed by atoms with Gasteiger partial charge in [-0.25, -0.2) is 9.59 Å². The fourth-order valence-electron chi connectivity index (χ4n) is 16.9. The zero-order chi connectivity index (χ0) is 57.9. The molecule has 436 valence electrons. The number of carbonyl (C=O) groups is 2. The molecule has 1 aromatic heterocycles. The number of benzene rings is 5. The highest BCUT2D eigenvalue weighted by Gasteiger charge is 2.59. The minimum absolute atomic E-state index is 0.0321. The third-order valence-electron chi connectivity index (χ3n) is 21.2. The Labute approximate surface area is 492 Å². The number of hydrogen-bond acceptors (Lipinski definition) is 11. The Morgan fingerprint density at radius 2 is 1.60 bits per heavy atom. The normalized spacial score (nSPS) is 29.9. The van der Waals surface area contributed by atoms with Crippen LogP contribution in [0.5, 0.6) is 5.75 Å². The van der Waals surface area contributed by atoms with E-state index < -0.39 is 47.9 Å². The molecule has 3 fully saturated rings. The number of allylic oxidation sites excluding steroid dienone is 2. The minimum Gasteiger partial charge on any atom is -0.483 e. The largest absolute Gasteiger partial charge is 0.483 e. The van der Waals surface area contributed by atoms with Gasteiger partial charge in [0.15, 0.2) is 12.2 Å². The van der Waals surface area contributed by atoms with Crippen molar-refractivity contribution in [1.82, 2.24) is 0 Å². The number of methoxy groups -OCH3 is 1. The Balaban J connectivity index is 0.938. The lowest BCUT2D eigenvalue weighted by Gasteiger charge is -2.48. The van der Waals surface area contributed by atoms with Crippen LogP contribution in [0.25, 0.3) is 23.1 Å². The highest BCUT2D eigenvalue weighted by molar-refractivity contribution is 5.90. The van der Waals surface area contributed by atoms with Crippen molar-refractivity contribution in [3.8, 4) is 5.75 Å². The Bertz CT molecular complexity index is 3640. The van der Waals surface area contributed by atoms with Gasteiger partial charge in [-0.3, -0.25) is 4.79 Å². The van der Waals surface area contributed by atoms with Crippen LogP contribution in [0.2, 0.25) is 0 Å². The van der Waals surface area contributed by atoms with E-state index in [9.17, 15) is 20.1 Å². The molecule has 5 aliphatic carbocycles. The molecule has 5 aromatic carbocycles. The van der Waals surface area contributed by atoms with Gasteiger partial charge >= 0.3 is 17.6 Å². The molecule has 2 bridgehead atoms. The van der Waals surface area contributed by atoms with Gasteiger partial charge in [0.2, 0.25) is 0 Å². The smallest absolute Gasteiger partial charge is 0.340 e. The number of ether oxygens (including phenoxy) is 4. The summed E-state index contributed by atoms with van der Waals surface area (Å²) in [6.07, 6.45) is 16.2. The van der Waals surface area contributed by atoms with Crippen LogP contribution in [-0.4, -0.2) is 65.9 Å². The molecule has 0 radical (unpaired) electrons. The van der Waals surface area contributed by atoms with Gasteiger partial charge in [-0.15, -0.1) is 0 Å². The van der Waals surface area contributed by atoms with Gasteiger partial charge in [-0.05, 0) is 181 Å². The first-order valence-corrected chi connectivity index (χ1v) is 30.9. The predicted octanol–water partition coefficient (Wildman–Crippen LogP) is 13.4. The molecule has 14 rings (SSSR count). The molecule has 0 amide bonds. The van der Waals surface area contributed by atoms with E-state index in [-0.39, 0.29) is 96.7 Å². The van der Waals surface area contributed by atoms with Crippen molar-refractivity contribution in [2.45, 2.75) is 151 Å².